The van der Waals surface area contributed by atoms with Crippen LogP contribution in [0.4, 0.5) is 0 Å². The first-order valence-corrected chi connectivity index (χ1v) is 6.42. The summed E-state index contributed by atoms with van der Waals surface area (Å²) in [5.74, 6) is -0.0962. The van der Waals surface area contributed by atoms with Gasteiger partial charge >= 0.3 is 0 Å². The maximum atomic E-state index is 12.2. The molecule has 0 unspecified atom stereocenters. The van der Waals surface area contributed by atoms with Crippen LogP contribution < -0.4 is 5.43 Å². The molecule has 17 heavy (non-hydrogen) atoms. The Morgan fingerprint density at radius 1 is 1.06 bits per heavy atom. The smallest absolute Gasteiger partial charge is 0.270 e. The molecule has 5 nitrogen and oxygen atoms in total. The number of carbonyl (C=O) groups is 2. The van der Waals surface area contributed by atoms with E-state index in [0.29, 0.717) is 18.6 Å². The van der Waals surface area contributed by atoms with Crippen LogP contribution >= 0.6 is 0 Å². The molecule has 2 heterocycles. The summed E-state index contributed by atoms with van der Waals surface area (Å²) in [6.45, 7) is 1.65. The van der Waals surface area contributed by atoms with Gasteiger partial charge in [0.05, 0.1) is 0 Å². The van der Waals surface area contributed by atoms with Gasteiger partial charge in [0.1, 0.15) is 5.71 Å². The lowest BCUT2D eigenvalue weighted by Gasteiger charge is -2.26. The summed E-state index contributed by atoms with van der Waals surface area (Å²) in [5.41, 5.74) is 2.89. The van der Waals surface area contributed by atoms with Crippen LogP contribution in [0.1, 0.15) is 44.9 Å². The number of carbonyl (C=O) groups excluding carboxylic acids is 2. The van der Waals surface area contributed by atoms with E-state index < -0.39 is 0 Å². The first-order valence-electron chi connectivity index (χ1n) is 6.42. The molecule has 0 atom stereocenters. The molecule has 0 saturated carbocycles. The average molecular weight is 237 g/mol. The molecule has 0 spiro atoms. The van der Waals surface area contributed by atoms with Gasteiger partial charge in [0.2, 0.25) is 5.91 Å². The van der Waals surface area contributed by atoms with Crippen LogP contribution in [0.15, 0.2) is 5.10 Å². The van der Waals surface area contributed by atoms with Gasteiger partial charge in [-0.3, -0.25) is 9.59 Å². The van der Waals surface area contributed by atoms with Gasteiger partial charge in [-0.15, -0.1) is 0 Å². The van der Waals surface area contributed by atoms with E-state index in [2.05, 4.69) is 10.5 Å². The zero-order valence-electron chi connectivity index (χ0n) is 10.1. The van der Waals surface area contributed by atoms with Gasteiger partial charge in [-0.05, 0) is 12.8 Å². The molecule has 2 amide bonds. The third-order valence-corrected chi connectivity index (χ3v) is 3.29. The van der Waals surface area contributed by atoms with E-state index in [0.717, 1.165) is 25.9 Å². The predicted molar refractivity (Wildman–Crippen MR) is 64.5 cm³/mol. The number of hydrogen-bond acceptors (Lipinski definition) is 3. The predicted octanol–water partition coefficient (Wildman–Crippen LogP) is 1.05. The summed E-state index contributed by atoms with van der Waals surface area (Å²) in [6, 6.07) is 0. The highest BCUT2D eigenvalue weighted by molar-refractivity contribution is 6.39. The van der Waals surface area contributed by atoms with E-state index in [4.69, 9.17) is 0 Å². The molecule has 0 aromatic heterocycles. The lowest BCUT2D eigenvalue weighted by Crippen LogP contribution is -2.41. The second-order valence-corrected chi connectivity index (χ2v) is 4.65. The van der Waals surface area contributed by atoms with Crippen LogP contribution in [0.25, 0.3) is 0 Å². The molecule has 0 aliphatic carbocycles. The number of hydrogen-bond donors (Lipinski definition) is 1. The van der Waals surface area contributed by atoms with E-state index in [9.17, 15) is 9.59 Å². The second-order valence-electron chi connectivity index (χ2n) is 4.65. The fraction of sp³-hybridized carbons (Fsp3) is 0.750. The largest absolute Gasteiger partial charge is 0.338 e. The summed E-state index contributed by atoms with van der Waals surface area (Å²) in [5, 5.41) is 3.87. The topological polar surface area (TPSA) is 61.8 Å². The van der Waals surface area contributed by atoms with E-state index in [1.807, 2.05) is 4.90 Å². The number of amides is 2. The SMILES string of the molecule is O=C1CCC(C(=O)N2CCCCCCC2)=NN1. The summed E-state index contributed by atoms with van der Waals surface area (Å²) >= 11 is 0. The molecule has 0 aromatic carbocycles. The molecule has 1 N–H and O–H groups in total. The molecule has 0 bridgehead atoms. The minimum atomic E-state index is -0.103. The maximum absolute atomic E-state index is 12.2. The molecule has 5 heteroatoms. The Balaban J connectivity index is 1.95. The molecule has 2 aliphatic rings. The van der Waals surface area contributed by atoms with Crippen molar-refractivity contribution in [3.63, 3.8) is 0 Å². The van der Waals surface area contributed by atoms with Crippen LogP contribution in [0.2, 0.25) is 0 Å². The summed E-state index contributed by atoms with van der Waals surface area (Å²) < 4.78 is 0. The van der Waals surface area contributed by atoms with Crippen LogP contribution in [-0.2, 0) is 9.59 Å². The maximum Gasteiger partial charge on any atom is 0.270 e. The number of nitrogens with one attached hydrogen (secondary N) is 1. The van der Waals surface area contributed by atoms with Crippen molar-refractivity contribution in [3.05, 3.63) is 0 Å². The molecule has 94 valence electrons. The highest BCUT2D eigenvalue weighted by Crippen LogP contribution is 2.12. The number of nitrogens with zero attached hydrogens (tertiary/aromatic N) is 2. The van der Waals surface area contributed by atoms with Gasteiger partial charge in [0.25, 0.3) is 5.91 Å². The zero-order valence-corrected chi connectivity index (χ0v) is 10.1. The minimum Gasteiger partial charge on any atom is -0.338 e. The Hall–Kier alpha value is -1.39. The van der Waals surface area contributed by atoms with Crippen LogP contribution in [-0.4, -0.2) is 35.5 Å². The van der Waals surface area contributed by atoms with Crippen molar-refractivity contribution in [2.45, 2.75) is 44.9 Å². The van der Waals surface area contributed by atoms with Crippen LogP contribution in [0, 0.1) is 0 Å². The Bertz CT molecular complexity index is 331. The minimum absolute atomic E-state index is 0.00639. The molecule has 2 aliphatic heterocycles. The van der Waals surface area contributed by atoms with E-state index in [-0.39, 0.29) is 11.8 Å². The first kappa shape index (κ1) is 12.1. The van der Waals surface area contributed by atoms with Crippen LogP contribution in [0.5, 0.6) is 0 Å². The van der Waals surface area contributed by atoms with Crippen molar-refractivity contribution in [1.29, 1.82) is 0 Å². The monoisotopic (exact) mass is 237 g/mol. The van der Waals surface area contributed by atoms with Gasteiger partial charge in [0.15, 0.2) is 0 Å². The molecule has 0 aromatic rings. The van der Waals surface area contributed by atoms with Crippen molar-refractivity contribution in [2.75, 3.05) is 13.1 Å². The number of likely N-dealkylation sites (tertiary alicyclic amines) is 1. The first-order chi connectivity index (χ1) is 8.27. The zero-order chi connectivity index (χ0) is 12.1. The van der Waals surface area contributed by atoms with Gasteiger partial charge < -0.3 is 4.90 Å². The van der Waals surface area contributed by atoms with Gasteiger partial charge in [-0.2, -0.15) is 5.10 Å². The van der Waals surface area contributed by atoms with Crippen molar-refractivity contribution in [2.24, 2.45) is 5.10 Å². The van der Waals surface area contributed by atoms with Gasteiger partial charge in [0, 0.05) is 25.9 Å². The molecule has 2 rings (SSSR count). The van der Waals surface area contributed by atoms with Crippen molar-refractivity contribution in [1.82, 2.24) is 10.3 Å². The fourth-order valence-electron chi connectivity index (χ4n) is 2.26. The molecule has 0 radical (unpaired) electrons. The van der Waals surface area contributed by atoms with E-state index >= 15 is 0 Å². The summed E-state index contributed by atoms with van der Waals surface area (Å²) in [6.07, 6.45) is 6.68. The average Bonchev–Trinajstić information content (AvgIpc) is 2.29. The standard InChI is InChI=1S/C12H19N3O2/c16-11-7-6-10(13-14-11)12(17)15-8-4-2-1-3-5-9-15/h1-9H2,(H,14,16). The molecular formula is C12H19N3O2. The Morgan fingerprint density at radius 2 is 1.71 bits per heavy atom. The third kappa shape index (κ3) is 3.28. The van der Waals surface area contributed by atoms with Gasteiger partial charge in [-0.1, -0.05) is 19.3 Å². The molecule has 1 saturated heterocycles. The Morgan fingerprint density at radius 3 is 2.29 bits per heavy atom. The summed E-state index contributed by atoms with van der Waals surface area (Å²) in [7, 11) is 0. The van der Waals surface area contributed by atoms with Crippen LogP contribution in [0.3, 0.4) is 0 Å². The van der Waals surface area contributed by atoms with E-state index in [1.165, 1.54) is 19.3 Å². The van der Waals surface area contributed by atoms with Gasteiger partial charge in [-0.25, -0.2) is 5.43 Å². The second kappa shape index (κ2) is 5.80. The fourth-order valence-corrected chi connectivity index (χ4v) is 2.26. The summed E-state index contributed by atoms with van der Waals surface area (Å²) in [4.78, 5) is 25.0. The normalized spacial score (nSPS) is 22.2. The number of rotatable bonds is 1. The Labute approximate surface area is 101 Å². The lowest BCUT2D eigenvalue weighted by molar-refractivity contribution is -0.125. The third-order valence-electron chi connectivity index (χ3n) is 3.29. The molecular weight excluding hydrogens is 218 g/mol. The van der Waals surface area contributed by atoms with E-state index in [1.54, 1.807) is 0 Å². The highest BCUT2D eigenvalue weighted by atomic mass is 16.2. The Kier molecular flexibility index (Phi) is 4.12. The lowest BCUT2D eigenvalue weighted by atomic mass is 10.1. The highest BCUT2D eigenvalue weighted by Gasteiger charge is 2.23. The van der Waals surface area contributed by atoms with Crippen molar-refractivity contribution >= 4 is 17.5 Å². The quantitative estimate of drug-likeness (QED) is 0.740. The van der Waals surface area contributed by atoms with Crippen molar-refractivity contribution < 1.29 is 9.59 Å². The molecule has 1 fully saturated rings. The van der Waals surface area contributed by atoms with Crippen molar-refractivity contribution in [3.8, 4) is 0 Å². The number of hydrazone groups is 1.